The lowest BCUT2D eigenvalue weighted by Gasteiger charge is -2.09. The van der Waals surface area contributed by atoms with Crippen molar-refractivity contribution >= 4 is 23.9 Å². The molecule has 0 aliphatic heterocycles. The Morgan fingerprint density at radius 2 is 2.24 bits per heavy atom. The van der Waals surface area contributed by atoms with E-state index in [1.165, 1.54) is 0 Å². The van der Waals surface area contributed by atoms with Crippen LogP contribution in [0, 0.1) is 6.92 Å². The largest absolute Gasteiger partial charge is 0.496 e. The molecule has 0 bridgehead atoms. The van der Waals surface area contributed by atoms with E-state index >= 15 is 0 Å². The number of hydrogen-bond donors (Lipinski definition) is 1. The summed E-state index contributed by atoms with van der Waals surface area (Å²) < 4.78 is 12.4. The lowest BCUT2D eigenvalue weighted by atomic mass is 10.1. The number of imidazole rings is 1. The van der Waals surface area contributed by atoms with Crippen molar-refractivity contribution < 1.29 is 9.15 Å². The second-order valence-corrected chi connectivity index (χ2v) is 6.46. The third-order valence-corrected chi connectivity index (χ3v) is 4.56. The molecule has 0 atom stereocenters. The minimum Gasteiger partial charge on any atom is -0.496 e. The van der Waals surface area contributed by atoms with Crippen molar-refractivity contribution in [3.63, 3.8) is 0 Å². The van der Waals surface area contributed by atoms with E-state index in [1.807, 2.05) is 31.2 Å². The summed E-state index contributed by atoms with van der Waals surface area (Å²) in [6, 6.07) is 9.86. The molecule has 3 rings (SSSR count). The lowest BCUT2D eigenvalue weighted by molar-refractivity contribution is 0.411. The minimum atomic E-state index is 0.372. The van der Waals surface area contributed by atoms with Crippen LogP contribution in [0.5, 0.6) is 5.75 Å². The summed E-state index contributed by atoms with van der Waals surface area (Å²) in [7, 11) is 1.68. The van der Waals surface area contributed by atoms with Crippen LogP contribution in [0.4, 0.5) is 5.95 Å². The van der Waals surface area contributed by atoms with Crippen LogP contribution in [-0.2, 0) is 11.5 Å². The van der Waals surface area contributed by atoms with Crippen molar-refractivity contribution in [2.75, 3.05) is 12.8 Å². The number of ether oxygens (including phenoxy) is 1. The van der Waals surface area contributed by atoms with E-state index in [-0.39, 0.29) is 0 Å². The monoisotopic (exact) mass is 356 g/mol. The third-order valence-electron chi connectivity index (χ3n) is 3.55. The molecule has 2 aromatic heterocycles. The van der Waals surface area contributed by atoms with Crippen LogP contribution in [-0.4, -0.2) is 23.0 Å². The standard InChI is InChI=1S/C18H20N4O2S/c1-13-10-22(18(19)21-13)20-9-14-5-6-17(23-2)15(8-14)11-25-12-16-4-3-7-24-16/h3-10H,11-12H2,1-2H3,(H2,19,21). The van der Waals surface area contributed by atoms with Crippen molar-refractivity contribution in [1.29, 1.82) is 0 Å². The highest BCUT2D eigenvalue weighted by Crippen LogP contribution is 2.26. The predicted molar refractivity (Wildman–Crippen MR) is 101 cm³/mol. The molecule has 0 aliphatic rings. The maximum atomic E-state index is 5.80. The number of thioether (sulfide) groups is 1. The van der Waals surface area contributed by atoms with Gasteiger partial charge in [0.25, 0.3) is 0 Å². The Bertz CT molecular complexity index is 856. The summed E-state index contributed by atoms with van der Waals surface area (Å²) in [6.45, 7) is 1.88. The highest BCUT2D eigenvalue weighted by molar-refractivity contribution is 7.97. The number of benzene rings is 1. The van der Waals surface area contributed by atoms with Crippen molar-refractivity contribution in [2.45, 2.75) is 18.4 Å². The van der Waals surface area contributed by atoms with Crippen LogP contribution in [0.25, 0.3) is 0 Å². The fourth-order valence-corrected chi connectivity index (χ4v) is 3.29. The zero-order valence-corrected chi connectivity index (χ0v) is 15.0. The Hall–Kier alpha value is -2.67. The molecule has 1 aromatic carbocycles. The van der Waals surface area contributed by atoms with Gasteiger partial charge in [0, 0.05) is 11.3 Å². The van der Waals surface area contributed by atoms with E-state index in [0.717, 1.165) is 39.8 Å². The van der Waals surface area contributed by atoms with Crippen molar-refractivity contribution in [2.24, 2.45) is 5.10 Å². The highest BCUT2D eigenvalue weighted by atomic mass is 32.2. The fourth-order valence-electron chi connectivity index (χ4n) is 2.37. The number of anilines is 1. The van der Waals surface area contributed by atoms with Crippen LogP contribution in [0.15, 0.2) is 52.3 Å². The van der Waals surface area contributed by atoms with E-state index in [4.69, 9.17) is 14.9 Å². The molecule has 0 unspecified atom stereocenters. The minimum absolute atomic E-state index is 0.372. The second kappa shape index (κ2) is 7.94. The number of furan rings is 1. The number of nitrogens with two attached hydrogens (primary N) is 1. The van der Waals surface area contributed by atoms with E-state index < -0.39 is 0 Å². The maximum absolute atomic E-state index is 5.80. The first kappa shape index (κ1) is 17.2. The summed E-state index contributed by atoms with van der Waals surface area (Å²) >= 11 is 1.77. The summed E-state index contributed by atoms with van der Waals surface area (Å²) in [5, 5.41) is 4.36. The van der Waals surface area contributed by atoms with Crippen LogP contribution >= 0.6 is 11.8 Å². The molecule has 130 valence electrons. The Morgan fingerprint density at radius 3 is 2.92 bits per heavy atom. The van der Waals surface area contributed by atoms with Gasteiger partial charge in [-0.2, -0.15) is 5.10 Å². The molecule has 25 heavy (non-hydrogen) atoms. The van der Waals surface area contributed by atoms with Crippen molar-refractivity contribution in [3.8, 4) is 5.75 Å². The molecule has 0 fully saturated rings. The van der Waals surface area contributed by atoms with Gasteiger partial charge in [0.15, 0.2) is 0 Å². The van der Waals surface area contributed by atoms with Gasteiger partial charge < -0.3 is 14.9 Å². The van der Waals surface area contributed by atoms with Gasteiger partial charge >= 0.3 is 0 Å². The molecule has 0 saturated carbocycles. The topological polar surface area (TPSA) is 78.6 Å². The third kappa shape index (κ3) is 4.45. The van der Waals surface area contributed by atoms with Gasteiger partial charge in [0.1, 0.15) is 11.5 Å². The number of methoxy groups -OCH3 is 1. The normalized spacial score (nSPS) is 11.3. The molecule has 0 amide bonds. The highest BCUT2D eigenvalue weighted by Gasteiger charge is 2.06. The van der Waals surface area contributed by atoms with E-state index in [2.05, 4.69) is 16.2 Å². The molecule has 0 spiro atoms. The van der Waals surface area contributed by atoms with Gasteiger partial charge in [-0.3, -0.25) is 0 Å². The lowest BCUT2D eigenvalue weighted by Crippen LogP contribution is -1.98. The smallest absolute Gasteiger partial charge is 0.221 e. The first-order chi connectivity index (χ1) is 12.2. The summed E-state index contributed by atoms with van der Waals surface area (Å²) in [5.41, 5.74) is 8.71. The van der Waals surface area contributed by atoms with E-state index in [0.29, 0.717) is 5.95 Å². The molecular weight excluding hydrogens is 336 g/mol. The van der Waals surface area contributed by atoms with Gasteiger partial charge in [0.05, 0.1) is 37.2 Å². The predicted octanol–water partition coefficient (Wildman–Crippen LogP) is 3.69. The number of hydrogen-bond acceptors (Lipinski definition) is 6. The molecule has 0 radical (unpaired) electrons. The van der Waals surface area contributed by atoms with Crippen LogP contribution < -0.4 is 10.5 Å². The quantitative estimate of drug-likeness (QED) is 0.653. The van der Waals surface area contributed by atoms with Crippen LogP contribution in [0.1, 0.15) is 22.6 Å². The second-order valence-electron chi connectivity index (χ2n) is 5.47. The molecule has 3 aromatic rings. The Morgan fingerprint density at radius 1 is 1.36 bits per heavy atom. The average molecular weight is 356 g/mol. The molecule has 0 saturated heterocycles. The fraction of sp³-hybridized carbons (Fsp3) is 0.222. The number of nitrogens with zero attached hydrogens (tertiary/aromatic N) is 3. The van der Waals surface area contributed by atoms with Crippen molar-refractivity contribution in [3.05, 3.63) is 65.4 Å². The molecule has 2 heterocycles. The number of rotatable bonds is 7. The first-order valence-electron chi connectivity index (χ1n) is 7.78. The number of aromatic nitrogens is 2. The maximum Gasteiger partial charge on any atom is 0.221 e. The number of nitrogen functional groups attached to an aromatic ring is 1. The molecule has 6 nitrogen and oxygen atoms in total. The Kier molecular flexibility index (Phi) is 5.45. The summed E-state index contributed by atoms with van der Waals surface area (Å²) in [5.74, 6) is 3.84. The van der Waals surface area contributed by atoms with E-state index in [9.17, 15) is 0 Å². The van der Waals surface area contributed by atoms with E-state index in [1.54, 1.807) is 42.2 Å². The Balaban J connectivity index is 1.71. The first-order valence-corrected chi connectivity index (χ1v) is 8.94. The van der Waals surface area contributed by atoms with Gasteiger partial charge in [-0.1, -0.05) is 0 Å². The SMILES string of the molecule is COc1ccc(C=Nn2cc(C)nc2N)cc1CSCc1ccco1. The summed E-state index contributed by atoms with van der Waals surface area (Å²) in [6.07, 6.45) is 5.24. The zero-order valence-electron chi connectivity index (χ0n) is 14.2. The van der Waals surface area contributed by atoms with Gasteiger partial charge in [0.2, 0.25) is 5.95 Å². The van der Waals surface area contributed by atoms with Gasteiger partial charge in [-0.05, 0) is 42.8 Å². The average Bonchev–Trinajstić information content (AvgIpc) is 3.22. The Labute approximate surface area is 150 Å². The summed E-state index contributed by atoms with van der Waals surface area (Å²) in [4.78, 5) is 4.13. The number of aryl methyl sites for hydroxylation is 1. The van der Waals surface area contributed by atoms with Crippen LogP contribution in [0.2, 0.25) is 0 Å². The van der Waals surface area contributed by atoms with Crippen LogP contribution in [0.3, 0.4) is 0 Å². The molecule has 0 aliphatic carbocycles. The van der Waals surface area contributed by atoms with Gasteiger partial charge in [-0.15, -0.1) is 11.8 Å². The zero-order chi connectivity index (χ0) is 17.6. The molecule has 2 N–H and O–H groups in total. The van der Waals surface area contributed by atoms with Gasteiger partial charge in [-0.25, -0.2) is 9.66 Å². The van der Waals surface area contributed by atoms with Crippen molar-refractivity contribution in [1.82, 2.24) is 9.66 Å². The molecule has 7 heteroatoms. The molecular formula is C18H20N4O2S.